The van der Waals surface area contributed by atoms with Gasteiger partial charge in [-0.1, -0.05) is 23.5 Å². The Labute approximate surface area is 191 Å². The average Bonchev–Trinajstić information content (AvgIpc) is 3.40. The summed E-state index contributed by atoms with van der Waals surface area (Å²) in [5.74, 6) is 0.0550. The third-order valence-corrected chi connectivity index (χ3v) is 7.91. The van der Waals surface area contributed by atoms with E-state index in [1.165, 1.54) is 35.6 Å². The number of amides is 2. The van der Waals surface area contributed by atoms with Gasteiger partial charge in [-0.25, -0.2) is 18.2 Å². The van der Waals surface area contributed by atoms with Crippen molar-refractivity contribution in [2.75, 3.05) is 23.1 Å². The molecule has 2 heterocycles. The quantitative estimate of drug-likeness (QED) is 0.471. The number of phenolic OH excluding ortho intramolecular Hbond substituents is 1. The Morgan fingerprint density at radius 3 is 2.47 bits per heavy atom. The smallest absolute Gasteiger partial charge is 0.323 e. The lowest BCUT2D eigenvalue weighted by molar-refractivity contribution is 0.222. The van der Waals surface area contributed by atoms with Gasteiger partial charge in [0.1, 0.15) is 5.75 Å². The molecule has 0 unspecified atom stereocenters. The summed E-state index contributed by atoms with van der Waals surface area (Å²) in [5, 5.41) is 12.8. The van der Waals surface area contributed by atoms with Gasteiger partial charge in [0.25, 0.3) is 10.0 Å². The van der Waals surface area contributed by atoms with Crippen molar-refractivity contribution in [3.8, 4) is 16.2 Å². The van der Waals surface area contributed by atoms with E-state index in [4.69, 9.17) is 0 Å². The van der Waals surface area contributed by atoms with Crippen LogP contribution in [-0.4, -0.2) is 42.5 Å². The van der Waals surface area contributed by atoms with Crippen LogP contribution in [0, 0.1) is 13.8 Å². The van der Waals surface area contributed by atoms with Crippen LogP contribution in [0.15, 0.2) is 47.4 Å². The second-order valence-corrected chi connectivity index (χ2v) is 10.3. The summed E-state index contributed by atoms with van der Waals surface area (Å²) < 4.78 is 28.6. The molecular formula is C22H24N4O4S2. The van der Waals surface area contributed by atoms with E-state index in [1.54, 1.807) is 24.0 Å². The Hall–Kier alpha value is -3.11. The summed E-state index contributed by atoms with van der Waals surface area (Å²) in [4.78, 5) is 19.5. The number of carbonyl (C=O) groups is 1. The fraction of sp³-hybridized carbons (Fsp3) is 0.273. The molecule has 10 heteroatoms. The van der Waals surface area contributed by atoms with Crippen LogP contribution in [-0.2, 0) is 10.0 Å². The molecule has 0 radical (unpaired) electrons. The molecule has 2 amide bonds. The third kappa shape index (κ3) is 4.71. The largest absolute Gasteiger partial charge is 0.508 e. The fourth-order valence-corrected chi connectivity index (χ4v) is 5.86. The zero-order valence-corrected chi connectivity index (χ0v) is 19.4. The number of hydrogen-bond donors (Lipinski definition) is 3. The van der Waals surface area contributed by atoms with Crippen LogP contribution in [0.5, 0.6) is 5.75 Å². The number of anilines is 2. The fourth-order valence-electron chi connectivity index (χ4n) is 3.58. The number of aryl methyl sites for hydroxylation is 2. The zero-order valence-electron chi connectivity index (χ0n) is 17.8. The van der Waals surface area contributed by atoms with Crippen molar-refractivity contribution in [3.05, 3.63) is 53.7 Å². The molecule has 168 valence electrons. The van der Waals surface area contributed by atoms with Gasteiger partial charge >= 0.3 is 6.03 Å². The number of nitrogens with zero attached hydrogens (tertiary/aromatic N) is 2. The van der Waals surface area contributed by atoms with Gasteiger partial charge in [-0.2, -0.15) is 0 Å². The molecule has 1 aliphatic rings. The zero-order chi connectivity index (χ0) is 22.9. The second kappa shape index (κ2) is 8.79. The van der Waals surface area contributed by atoms with Crippen molar-refractivity contribution in [2.24, 2.45) is 0 Å². The maximum atomic E-state index is 13.0. The highest BCUT2D eigenvalue weighted by atomic mass is 32.2. The SMILES string of the molecule is Cc1ccc(-c2sc(NC(=O)N3CCCC3)nc2C)cc1S(=O)(=O)Nc1ccc(O)cc1. The Bertz CT molecular complexity index is 1250. The van der Waals surface area contributed by atoms with E-state index in [1.807, 2.05) is 13.0 Å². The number of nitrogens with one attached hydrogen (secondary N) is 2. The molecular weight excluding hydrogens is 448 g/mol. The van der Waals surface area contributed by atoms with Crippen LogP contribution in [0.4, 0.5) is 15.6 Å². The lowest BCUT2D eigenvalue weighted by atomic mass is 10.1. The van der Waals surface area contributed by atoms with E-state index in [-0.39, 0.29) is 16.7 Å². The monoisotopic (exact) mass is 472 g/mol. The van der Waals surface area contributed by atoms with Gasteiger partial charge in [-0.05, 0) is 68.1 Å². The number of thiazole rings is 1. The number of urea groups is 1. The lowest BCUT2D eigenvalue weighted by Crippen LogP contribution is -2.32. The topological polar surface area (TPSA) is 112 Å². The molecule has 0 saturated carbocycles. The maximum Gasteiger partial charge on any atom is 0.323 e. The van der Waals surface area contributed by atoms with Crippen LogP contribution in [0.25, 0.3) is 10.4 Å². The summed E-state index contributed by atoms with van der Waals surface area (Å²) >= 11 is 1.32. The minimum absolute atomic E-state index is 0.0550. The number of aromatic nitrogens is 1. The van der Waals surface area contributed by atoms with E-state index in [9.17, 15) is 18.3 Å². The lowest BCUT2D eigenvalue weighted by Gasteiger charge is -2.14. The first-order valence-corrected chi connectivity index (χ1v) is 12.5. The van der Waals surface area contributed by atoms with Gasteiger partial charge in [0.15, 0.2) is 5.13 Å². The molecule has 0 aliphatic carbocycles. The number of benzene rings is 2. The molecule has 0 bridgehead atoms. The Kier molecular flexibility index (Phi) is 6.07. The van der Waals surface area contributed by atoms with Crippen LogP contribution < -0.4 is 10.0 Å². The predicted molar refractivity (Wildman–Crippen MR) is 126 cm³/mol. The molecule has 1 fully saturated rings. The first-order valence-electron chi connectivity index (χ1n) is 10.2. The third-order valence-electron chi connectivity index (χ3n) is 5.26. The van der Waals surface area contributed by atoms with Crippen molar-refractivity contribution in [2.45, 2.75) is 31.6 Å². The maximum absolute atomic E-state index is 13.0. The van der Waals surface area contributed by atoms with Gasteiger partial charge < -0.3 is 10.0 Å². The minimum atomic E-state index is -3.85. The summed E-state index contributed by atoms with van der Waals surface area (Å²) in [6.07, 6.45) is 2.02. The van der Waals surface area contributed by atoms with E-state index in [0.717, 1.165) is 30.8 Å². The Morgan fingerprint density at radius 2 is 1.78 bits per heavy atom. The van der Waals surface area contributed by atoms with Crippen LogP contribution in [0.2, 0.25) is 0 Å². The first-order chi connectivity index (χ1) is 15.2. The van der Waals surface area contributed by atoms with Crippen molar-refractivity contribution >= 4 is 38.2 Å². The van der Waals surface area contributed by atoms with Crippen molar-refractivity contribution in [1.82, 2.24) is 9.88 Å². The number of aromatic hydroxyl groups is 1. The Balaban J connectivity index is 1.60. The minimum Gasteiger partial charge on any atom is -0.508 e. The number of likely N-dealkylation sites (tertiary alicyclic amines) is 1. The number of rotatable bonds is 5. The highest BCUT2D eigenvalue weighted by Crippen LogP contribution is 2.35. The van der Waals surface area contributed by atoms with Gasteiger partial charge in [0.2, 0.25) is 0 Å². The molecule has 3 N–H and O–H groups in total. The number of phenols is 1. The van der Waals surface area contributed by atoms with E-state index >= 15 is 0 Å². The van der Waals surface area contributed by atoms with Crippen LogP contribution >= 0.6 is 11.3 Å². The number of carbonyl (C=O) groups excluding carboxylic acids is 1. The predicted octanol–water partition coefficient (Wildman–Crippen LogP) is 4.56. The van der Waals surface area contributed by atoms with Crippen molar-refractivity contribution in [1.29, 1.82) is 0 Å². The second-order valence-electron chi connectivity index (χ2n) is 7.69. The molecule has 0 spiro atoms. The van der Waals surface area contributed by atoms with Crippen molar-refractivity contribution in [3.63, 3.8) is 0 Å². The molecule has 3 aromatic rings. The van der Waals surface area contributed by atoms with E-state index < -0.39 is 10.0 Å². The Morgan fingerprint density at radius 1 is 1.09 bits per heavy atom. The van der Waals surface area contributed by atoms with Gasteiger partial charge in [0, 0.05) is 18.8 Å². The molecule has 0 atom stereocenters. The summed E-state index contributed by atoms with van der Waals surface area (Å²) in [7, 11) is -3.85. The van der Waals surface area contributed by atoms with Crippen molar-refractivity contribution < 1.29 is 18.3 Å². The number of hydrogen-bond acceptors (Lipinski definition) is 6. The molecule has 1 aromatic heterocycles. The molecule has 1 saturated heterocycles. The molecule has 2 aromatic carbocycles. The first kappa shape index (κ1) is 22.1. The van der Waals surface area contributed by atoms with Crippen LogP contribution in [0.3, 0.4) is 0 Å². The number of sulfonamides is 1. The van der Waals surface area contributed by atoms with E-state index in [0.29, 0.717) is 27.6 Å². The van der Waals surface area contributed by atoms with Gasteiger partial charge in [-0.3, -0.25) is 10.0 Å². The summed E-state index contributed by atoms with van der Waals surface area (Å²) in [6.45, 7) is 5.06. The average molecular weight is 473 g/mol. The van der Waals surface area contributed by atoms with Gasteiger partial charge in [0.05, 0.1) is 15.5 Å². The summed E-state index contributed by atoms with van der Waals surface area (Å²) in [6, 6.07) is 10.9. The normalized spacial score (nSPS) is 13.9. The molecule has 4 rings (SSSR count). The molecule has 1 aliphatic heterocycles. The standard InChI is InChI=1S/C22H24N4O4S2/c1-14-5-6-16(13-19(14)32(29,30)25-17-7-9-18(27)10-8-17)20-15(2)23-21(31-20)24-22(28)26-11-3-4-12-26/h5-10,13,25,27H,3-4,11-12H2,1-2H3,(H,23,24,28). The molecule has 8 nitrogen and oxygen atoms in total. The van der Waals surface area contributed by atoms with Gasteiger partial charge in [-0.15, -0.1) is 0 Å². The highest BCUT2D eigenvalue weighted by Gasteiger charge is 2.22. The van der Waals surface area contributed by atoms with Crippen LogP contribution in [0.1, 0.15) is 24.1 Å². The summed E-state index contributed by atoms with van der Waals surface area (Å²) in [5.41, 5.74) is 2.38. The highest BCUT2D eigenvalue weighted by molar-refractivity contribution is 7.92. The van der Waals surface area contributed by atoms with E-state index in [2.05, 4.69) is 15.0 Å². The molecule has 32 heavy (non-hydrogen) atoms.